The number of pyridine rings is 1. The Bertz CT molecular complexity index is 728. The normalized spacial score (nSPS) is 15.8. The number of likely N-dealkylation sites (N-methyl/N-ethyl adjacent to an activating group) is 1. The van der Waals surface area contributed by atoms with Crippen LogP contribution in [0.4, 0.5) is 19.0 Å². The molecule has 146 valence electrons. The van der Waals surface area contributed by atoms with Crippen molar-refractivity contribution < 1.29 is 17.9 Å². The first kappa shape index (κ1) is 19.4. The van der Waals surface area contributed by atoms with Crippen molar-refractivity contribution in [3.63, 3.8) is 0 Å². The van der Waals surface area contributed by atoms with Gasteiger partial charge in [0.2, 0.25) is 0 Å². The van der Waals surface area contributed by atoms with Crippen molar-refractivity contribution in [2.24, 2.45) is 0 Å². The number of rotatable bonds is 6. The van der Waals surface area contributed by atoms with E-state index in [1.54, 1.807) is 18.3 Å². The lowest BCUT2D eigenvalue weighted by atomic mass is 10.2. The van der Waals surface area contributed by atoms with Crippen molar-refractivity contribution in [2.45, 2.75) is 19.5 Å². The summed E-state index contributed by atoms with van der Waals surface area (Å²) in [6, 6.07) is 9.86. The molecule has 0 amide bonds. The predicted molar refractivity (Wildman–Crippen MR) is 97.6 cm³/mol. The summed E-state index contributed by atoms with van der Waals surface area (Å²) in [4.78, 5) is 9.13. The zero-order valence-electron chi connectivity index (χ0n) is 15.2. The summed E-state index contributed by atoms with van der Waals surface area (Å²) < 4.78 is 40.5. The zero-order chi connectivity index (χ0) is 19.3. The largest absolute Gasteiger partial charge is 0.573 e. The molecule has 0 radical (unpaired) electrons. The maximum absolute atomic E-state index is 12.2. The summed E-state index contributed by atoms with van der Waals surface area (Å²) in [6.07, 6.45) is -2.86. The first-order chi connectivity index (χ1) is 12.9. The van der Waals surface area contributed by atoms with E-state index in [9.17, 15) is 13.2 Å². The number of piperazine rings is 1. The molecule has 0 unspecified atom stereocenters. The Labute approximate surface area is 156 Å². The number of alkyl halides is 3. The monoisotopic (exact) mass is 380 g/mol. The van der Waals surface area contributed by atoms with E-state index in [0.29, 0.717) is 13.1 Å². The third-order valence-electron chi connectivity index (χ3n) is 4.47. The van der Waals surface area contributed by atoms with Crippen LogP contribution >= 0.6 is 0 Å². The molecule has 1 aliphatic heterocycles. The van der Waals surface area contributed by atoms with Crippen LogP contribution in [0.1, 0.15) is 11.1 Å². The van der Waals surface area contributed by atoms with Gasteiger partial charge in [-0.15, -0.1) is 13.2 Å². The molecule has 1 aromatic heterocycles. The number of anilines is 1. The summed E-state index contributed by atoms with van der Waals surface area (Å²) in [7, 11) is 2.11. The van der Waals surface area contributed by atoms with Crippen molar-refractivity contribution in [1.29, 1.82) is 0 Å². The number of nitrogens with one attached hydrogen (secondary N) is 1. The smallest absolute Gasteiger partial charge is 0.406 e. The van der Waals surface area contributed by atoms with E-state index in [-0.39, 0.29) is 5.75 Å². The fraction of sp³-hybridized carbons (Fsp3) is 0.421. The van der Waals surface area contributed by atoms with Crippen molar-refractivity contribution in [3.05, 3.63) is 53.7 Å². The first-order valence-electron chi connectivity index (χ1n) is 8.83. The molecule has 5 nitrogen and oxygen atoms in total. The summed E-state index contributed by atoms with van der Waals surface area (Å²) in [6.45, 7) is 5.09. The number of halogens is 3. The van der Waals surface area contributed by atoms with E-state index in [0.717, 1.165) is 43.1 Å². The Balaban J connectivity index is 1.55. The lowest BCUT2D eigenvalue weighted by molar-refractivity contribution is -0.274. The SMILES string of the molecule is CN1CCN(c2ncccc2CNCc2ccc(OC(F)(F)F)cc2)CC1. The second-order valence-corrected chi connectivity index (χ2v) is 6.57. The Morgan fingerprint density at radius 2 is 1.74 bits per heavy atom. The Hall–Kier alpha value is -2.32. The Morgan fingerprint density at radius 3 is 2.41 bits per heavy atom. The van der Waals surface area contributed by atoms with Crippen molar-refractivity contribution in [2.75, 3.05) is 38.1 Å². The topological polar surface area (TPSA) is 40.6 Å². The van der Waals surface area contributed by atoms with Gasteiger partial charge in [-0.2, -0.15) is 0 Å². The van der Waals surface area contributed by atoms with Crippen LogP contribution in [0, 0.1) is 0 Å². The van der Waals surface area contributed by atoms with Crippen LogP contribution in [0.25, 0.3) is 0 Å². The van der Waals surface area contributed by atoms with Crippen LogP contribution in [0.5, 0.6) is 5.75 Å². The number of nitrogens with zero attached hydrogens (tertiary/aromatic N) is 3. The summed E-state index contributed by atoms with van der Waals surface area (Å²) in [5.41, 5.74) is 1.99. The van der Waals surface area contributed by atoms with Crippen molar-refractivity contribution in [1.82, 2.24) is 15.2 Å². The average Bonchev–Trinajstić information content (AvgIpc) is 2.63. The zero-order valence-corrected chi connectivity index (χ0v) is 15.2. The molecule has 1 fully saturated rings. The van der Waals surface area contributed by atoms with Crippen molar-refractivity contribution in [3.8, 4) is 5.75 Å². The van der Waals surface area contributed by atoms with Crippen LogP contribution in [-0.4, -0.2) is 49.5 Å². The van der Waals surface area contributed by atoms with Crippen LogP contribution in [0.3, 0.4) is 0 Å². The van der Waals surface area contributed by atoms with E-state index in [4.69, 9.17) is 0 Å². The fourth-order valence-corrected chi connectivity index (χ4v) is 3.02. The second-order valence-electron chi connectivity index (χ2n) is 6.57. The molecule has 1 N–H and O–H groups in total. The van der Waals surface area contributed by atoms with Crippen LogP contribution in [0.2, 0.25) is 0 Å². The molecule has 8 heteroatoms. The molecule has 27 heavy (non-hydrogen) atoms. The fourth-order valence-electron chi connectivity index (χ4n) is 3.02. The van der Waals surface area contributed by atoms with E-state index in [2.05, 4.69) is 31.9 Å². The van der Waals surface area contributed by atoms with E-state index in [1.807, 2.05) is 12.1 Å². The number of hydrogen-bond acceptors (Lipinski definition) is 5. The van der Waals surface area contributed by atoms with Gasteiger partial charge >= 0.3 is 6.36 Å². The van der Waals surface area contributed by atoms with E-state index >= 15 is 0 Å². The molecular weight excluding hydrogens is 357 g/mol. The summed E-state index contributed by atoms with van der Waals surface area (Å²) >= 11 is 0. The molecule has 3 rings (SSSR count). The molecule has 2 heterocycles. The molecule has 0 aliphatic carbocycles. The summed E-state index contributed by atoms with van der Waals surface area (Å²) in [5.74, 6) is 0.780. The van der Waals surface area contributed by atoms with E-state index < -0.39 is 6.36 Å². The number of benzene rings is 1. The molecule has 2 aromatic rings. The highest BCUT2D eigenvalue weighted by atomic mass is 19.4. The molecular formula is C19H23F3N4O. The predicted octanol–water partition coefficient (Wildman–Crippen LogP) is 3.02. The quantitative estimate of drug-likeness (QED) is 0.834. The third kappa shape index (κ3) is 5.83. The number of hydrogen-bond donors (Lipinski definition) is 1. The van der Waals surface area contributed by atoms with Gasteiger partial charge < -0.3 is 19.9 Å². The van der Waals surface area contributed by atoms with Gasteiger partial charge in [0.25, 0.3) is 0 Å². The minimum absolute atomic E-state index is 0.212. The lowest BCUT2D eigenvalue weighted by Crippen LogP contribution is -2.45. The van der Waals surface area contributed by atoms with Crippen LogP contribution in [0.15, 0.2) is 42.6 Å². The molecule has 1 aliphatic rings. The third-order valence-corrected chi connectivity index (χ3v) is 4.47. The molecule has 0 bridgehead atoms. The van der Waals surface area contributed by atoms with Crippen molar-refractivity contribution >= 4 is 5.82 Å². The van der Waals surface area contributed by atoms with Gasteiger partial charge in [0.15, 0.2) is 0 Å². The van der Waals surface area contributed by atoms with Gasteiger partial charge in [0.05, 0.1) is 0 Å². The molecule has 0 atom stereocenters. The molecule has 1 saturated heterocycles. The summed E-state index contributed by atoms with van der Waals surface area (Å²) in [5, 5.41) is 3.33. The second kappa shape index (κ2) is 8.58. The minimum Gasteiger partial charge on any atom is -0.406 e. The lowest BCUT2D eigenvalue weighted by Gasteiger charge is -2.34. The molecule has 0 spiro atoms. The van der Waals surface area contributed by atoms with Gasteiger partial charge in [-0.1, -0.05) is 18.2 Å². The molecule has 0 saturated carbocycles. The van der Waals surface area contributed by atoms with Gasteiger partial charge in [0.1, 0.15) is 11.6 Å². The van der Waals surface area contributed by atoms with Gasteiger partial charge in [0, 0.05) is 51.0 Å². The molecule has 1 aromatic carbocycles. The highest BCUT2D eigenvalue weighted by Gasteiger charge is 2.30. The maximum atomic E-state index is 12.2. The first-order valence-corrected chi connectivity index (χ1v) is 8.83. The van der Waals surface area contributed by atoms with Crippen LogP contribution in [-0.2, 0) is 13.1 Å². The Morgan fingerprint density at radius 1 is 1.04 bits per heavy atom. The van der Waals surface area contributed by atoms with Gasteiger partial charge in [-0.05, 0) is 30.8 Å². The minimum atomic E-state index is -4.67. The maximum Gasteiger partial charge on any atom is 0.573 e. The standard InChI is InChI=1S/C19H23F3N4O/c1-25-9-11-26(12-10-25)18-16(3-2-8-24-18)14-23-13-15-4-6-17(7-5-15)27-19(20,21)22/h2-8,23H,9-14H2,1H3. The number of ether oxygens (including phenoxy) is 1. The number of aromatic nitrogens is 1. The van der Waals surface area contributed by atoms with Gasteiger partial charge in [-0.3, -0.25) is 0 Å². The van der Waals surface area contributed by atoms with Gasteiger partial charge in [-0.25, -0.2) is 4.98 Å². The highest BCUT2D eigenvalue weighted by Crippen LogP contribution is 2.23. The van der Waals surface area contributed by atoms with Crippen LogP contribution < -0.4 is 15.0 Å². The highest BCUT2D eigenvalue weighted by molar-refractivity contribution is 5.47. The van der Waals surface area contributed by atoms with E-state index in [1.165, 1.54) is 12.1 Å². The average molecular weight is 380 g/mol. The Kier molecular flexibility index (Phi) is 6.18.